The minimum absolute atomic E-state index is 0.0512. The standard InChI is InChI=1S/C17H20N4O2/c1-3-12-6-14(5-4-11(12)2)20-17(23)13-7-16(22)21(10-13)15-8-18-19-9-15/h4-6,8-9,13H,3,7,10H2,1-2H3,(H,18,19)(H,20,23). The van der Waals surface area contributed by atoms with Crippen molar-refractivity contribution in [2.24, 2.45) is 5.92 Å². The normalized spacial score (nSPS) is 17.6. The van der Waals surface area contributed by atoms with E-state index in [1.165, 1.54) is 11.1 Å². The predicted octanol–water partition coefficient (Wildman–Crippen LogP) is 2.27. The molecule has 1 saturated heterocycles. The first-order chi connectivity index (χ1) is 11.1. The van der Waals surface area contributed by atoms with Gasteiger partial charge in [-0.3, -0.25) is 14.7 Å². The molecule has 1 atom stereocenters. The number of nitrogens with one attached hydrogen (secondary N) is 2. The van der Waals surface area contributed by atoms with Gasteiger partial charge in [-0.05, 0) is 36.6 Å². The van der Waals surface area contributed by atoms with E-state index in [1.807, 2.05) is 18.2 Å². The predicted molar refractivity (Wildman–Crippen MR) is 88.2 cm³/mol. The van der Waals surface area contributed by atoms with E-state index in [-0.39, 0.29) is 24.2 Å². The zero-order valence-electron chi connectivity index (χ0n) is 13.3. The number of anilines is 2. The molecule has 0 radical (unpaired) electrons. The molecule has 1 aromatic heterocycles. The number of hydrogen-bond acceptors (Lipinski definition) is 3. The lowest BCUT2D eigenvalue weighted by atomic mass is 10.0. The van der Waals surface area contributed by atoms with Crippen molar-refractivity contribution in [3.8, 4) is 0 Å². The second kappa shape index (κ2) is 6.24. The van der Waals surface area contributed by atoms with Gasteiger partial charge in [-0.25, -0.2) is 0 Å². The highest BCUT2D eigenvalue weighted by molar-refractivity contribution is 6.03. The Kier molecular flexibility index (Phi) is 4.14. The van der Waals surface area contributed by atoms with Crippen LogP contribution in [0.25, 0.3) is 0 Å². The van der Waals surface area contributed by atoms with Crippen LogP contribution in [0.4, 0.5) is 11.4 Å². The topological polar surface area (TPSA) is 78.1 Å². The second-order valence-corrected chi connectivity index (χ2v) is 5.85. The van der Waals surface area contributed by atoms with Crippen molar-refractivity contribution in [2.45, 2.75) is 26.7 Å². The van der Waals surface area contributed by atoms with Crippen molar-refractivity contribution in [2.75, 3.05) is 16.8 Å². The molecule has 1 aliphatic heterocycles. The molecule has 1 fully saturated rings. The van der Waals surface area contributed by atoms with Crippen LogP contribution < -0.4 is 10.2 Å². The number of nitrogens with zero attached hydrogens (tertiary/aromatic N) is 2. The highest BCUT2D eigenvalue weighted by Gasteiger charge is 2.35. The molecule has 23 heavy (non-hydrogen) atoms. The number of aromatic nitrogens is 2. The number of carbonyl (C=O) groups excluding carboxylic acids is 2. The fourth-order valence-corrected chi connectivity index (χ4v) is 2.90. The summed E-state index contributed by atoms with van der Waals surface area (Å²) in [6.07, 6.45) is 4.40. The van der Waals surface area contributed by atoms with Gasteiger partial charge in [-0.2, -0.15) is 5.10 Å². The van der Waals surface area contributed by atoms with E-state index in [0.717, 1.165) is 12.1 Å². The Morgan fingerprint density at radius 1 is 1.48 bits per heavy atom. The van der Waals surface area contributed by atoms with Crippen molar-refractivity contribution in [3.63, 3.8) is 0 Å². The smallest absolute Gasteiger partial charge is 0.229 e. The van der Waals surface area contributed by atoms with E-state index >= 15 is 0 Å². The number of H-pyrrole nitrogens is 1. The number of rotatable bonds is 4. The largest absolute Gasteiger partial charge is 0.326 e. The minimum Gasteiger partial charge on any atom is -0.326 e. The van der Waals surface area contributed by atoms with Gasteiger partial charge < -0.3 is 10.2 Å². The van der Waals surface area contributed by atoms with Crippen LogP contribution in [-0.4, -0.2) is 28.6 Å². The third-order valence-corrected chi connectivity index (χ3v) is 4.29. The van der Waals surface area contributed by atoms with Crippen molar-refractivity contribution in [1.29, 1.82) is 0 Å². The molecule has 2 heterocycles. The molecule has 1 unspecified atom stereocenters. The van der Waals surface area contributed by atoms with Gasteiger partial charge in [0, 0.05) is 24.8 Å². The molecule has 0 spiro atoms. The summed E-state index contributed by atoms with van der Waals surface area (Å²) in [5, 5.41) is 9.46. The third kappa shape index (κ3) is 3.11. The Morgan fingerprint density at radius 2 is 2.30 bits per heavy atom. The van der Waals surface area contributed by atoms with Crippen LogP contribution in [0.1, 0.15) is 24.5 Å². The Labute approximate surface area is 134 Å². The first-order valence-corrected chi connectivity index (χ1v) is 7.78. The summed E-state index contributed by atoms with van der Waals surface area (Å²) in [6, 6.07) is 5.90. The zero-order chi connectivity index (χ0) is 16.4. The number of aromatic amines is 1. The molecule has 2 aromatic rings. The van der Waals surface area contributed by atoms with Crippen LogP contribution in [-0.2, 0) is 16.0 Å². The first kappa shape index (κ1) is 15.3. The minimum atomic E-state index is -0.344. The monoisotopic (exact) mass is 312 g/mol. The lowest BCUT2D eigenvalue weighted by Crippen LogP contribution is -2.27. The third-order valence-electron chi connectivity index (χ3n) is 4.29. The highest BCUT2D eigenvalue weighted by atomic mass is 16.2. The van der Waals surface area contributed by atoms with Crippen molar-refractivity contribution >= 4 is 23.2 Å². The summed E-state index contributed by atoms with van der Waals surface area (Å²) >= 11 is 0. The first-order valence-electron chi connectivity index (χ1n) is 7.78. The molecule has 0 bridgehead atoms. The fourth-order valence-electron chi connectivity index (χ4n) is 2.90. The fraction of sp³-hybridized carbons (Fsp3) is 0.353. The summed E-state index contributed by atoms with van der Waals surface area (Å²) in [4.78, 5) is 26.1. The number of benzene rings is 1. The van der Waals surface area contributed by atoms with Gasteiger partial charge in [-0.15, -0.1) is 0 Å². The number of carbonyl (C=O) groups is 2. The number of amides is 2. The molecular weight excluding hydrogens is 292 g/mol. The Morgan fingerprint density at radius 3 is 3.00 bits per heavy atom. The summed E-state index contributed by atoms with van der Waals surface area (Å²) in [6.45, 7) is 4.53. The molecule has 2 amide bonds. The van der Waals surface area contributed by atoms with Gasteiger partial charge in [0.2, 0.25) is 11.8 Å². The van der Waals surface area contributed by atoms with Crippen molar-refractivity contribution < 1.29 is 9.59 Å². The van der Waals surface area contributed by atoms with E-state index in [9.17, 15) is 9.59 Å². The molecule has 1 aromatic carbocycles. The van der Waals surface area contributed by atoms with E-state index in [0.29, 0.717) is 12.2 Å². The summed E-state index contributed by atoms with van der Waals surface area (Å²) in [5.74, 6) is -0.510. The maximum absolute atomic E-state index is 12.4. The molecule has 6 nitrogen and oxygen atoms in total. The van der Waals surface area contributed by atoms with E-state index in [1.54, 1.807) is 17.3 Å². The molecule has 0 aliphatic carbocycles. The SMILES string of the molecule is CCc1cc(NC(=O)C2CC(=O)N(c3cn[nH]c3)C2)ccc1C. The summed E-state index contributed by atoms with van der Waals surface area (Å²) in [5.41, 5.74) is 3.92. The van der Waals surface area contributed by atoms with Crippen LogP contribution in [0.5, 0.6) is 0 Å². The van der Waals surface area contributed by atoms with Gasteiger partial charge in [-0.1, -0.05) is 13.0 Å². The average Bonchev–Trinajstić information content (AvgIpc) is 3.18. The van der Waals surface area contributed by atoms with Crippen LogP contribution in [0.3, 0.4) is 0 Å². The van der Waals surface area contributed by atoms with Crippen molar-refractivity contribution in [3.05, 3.63) is 41.7 Å². The summed E-state index contributed by atoms with van der Waals surface area (Å²) in [7, 11) is 0. The number of aryl methyl sites for hydroxylation is 2. The lowest BCUT2D eigenvalue weighted by molar-refractivity contribution is -0.122. The van der Waals surface area contributed by atoms with Gasteiger partial charge in [0.15, 0.2) is 0 Å². The van der Waals surface area contributed by atoms with Crippen LogP contribution >= 0.6 is 0 Å². The van der Waals surface area contributed by atoms with Crippen LogP contribution in [0.2, 0.25) is 0 Å². The quantitative estimate of drug-likeness (QED) is 0.909. The Balaban J connectivity index is 1.68. The van der Waals surface area contributed by atoms with Crippen LogP contribution in [0.15, 0.2) is 30.6 Å². The van der Waals surface area contributed by atoms with Gasteiger partial charge in [0.1, 0.15) is 0 Å². The van der Waals surface area contributed by atoms with E-state index in [2.05, 4.69) is 29.4 Å². The van der Waals surface area contributed by atoms with Gasteiger partial charge in [0.25, 0.3) is 0 Å². The van der Waals surface area contributed by atoms with Gasteiger partial charge in [0.05, 0.1) is 17.8 Å². The average molecular weight is 312 g/mol. The van der Waals surface area contributed by atoms with E-state index in [4.69, 9.17) is 0 Å². The Hall–Kier alpha value is -2.63. The zero-order valence-corrected chi connectivity index (χ0v) is 13.3. The highest BCUT2D eigenvalue weighted by Crippen LogP contribution is 2.25. The molecule has 0 saturated carbocycles. The van der Waals surface area contributed by atoms with Gasteiger partial charge >= 0.3 is 0 Å². The molecule has 6 heteroatoms. The van der Waals surface area contributed by atoms with Crippen molar-refractivity contribution in [1.82, 2.24) is 10.2 Å². The molecule has 3 rings (SSSR count). The van der Waals surface area contributed by atoms with Crippen LogP contribution in [0, 0.1) is 12.8 Å². The molecule has 2 N–H and O–H groups in total. The molecular formula is C17H20N4O2. The summed E-state index contributed by atoms with van der Waals surface area (Å²) < 4.78 is 0. The molecule has 1 aliphatic rings. The van der Waals surface area contributed by atoms with E-state index < -0.39 is 0 Å². The maximum atomic E-state index is 12.4. The Bertz CT molecular complexity index is 724. The molecule has 120 valence electrons. The second-order valence-electron chi connectivity index (χ2n) is 5.85. The lowest BCUT2D eigenvalue weighted by Gasteiger charge is -2.14. The maximum Gasteiger partial charge on any atom is 0.229 e. The number of hydrogen-bond donors (Lipinski definition) is 2.